The van der Waals surface area contributed by atoms with E-state index in [4.69, 9.17) is 10.7 Å². The smallest absolute Gasteiger partial charge is 0.112 e. The molecule has 0 fully saturated rings. The van der Waals surface area contributed by atoms with Gasteiger partial charge in [0, 0.05) is 10.3 Å². The van der Waals surface area contributed by atoms with E-state index in [1.54, 1.807) is 0 Å². The Kier molecular flexibility index (Phi) is 2.72. The van der Waals surface area contributed by atoms with Crippen molar-refractivity contribution >= 4 is 11.3 Å². The van der Waals surface area contributed by atoms with Gasteiger partial charge in [0.25, 0.3) is 0 Å². The molecule has 1 aromatic rings. The molecule has 2 nitrogen and oxygen atoms in total. The van der Waals surface area contributed by atoms with Crippen LogP contribution in [0.2, 0.25) is 0 Å². The second kappa shape index (κ2) is 3.55. The Labute approximate surface area is 109 Å². The minimum absolute atomic E-state index is 0.234. The Morgan fingerprint density at radius 2 is 1.82 bits per heavy atom. The Bertz CT molecular complexity index is 436. The molecule has 1 aromatic heterocycles. The first kappa shape index (κ1) is 13.0. The second-order valence-corrected chi connectivity index (χ2v) is 8.42. The molecular weight excluding hydrogens is 228 g/mol. The van der Waals surface area contributed by atoms with Gasteiger partial charge in [-0.05, 0) is 32.1 Å². The van der Waals surface area contributed by atoms with Crippen LogP contribution in [-0.4, -0.2) is 4.98 Å². The van der Waals surface area contributed by atoms with Crippen molar-refractivity contribution in [2.24, 2.45) is 11.1 Å². The van der Waals surface area contributed by atoms with Crippen molar-refractivity contribution in [1.82, 2.24) is 4.98 Å². The third-order valence-corrected chi connectivity index (χ3v) is 5.23. The van der Waals surface area contributed by atoms with Crippen LogP contribution in [0.5, 0.6) is 0 Å². The number of hydrogen-bond donors (Lipinski definition) is 1. The van der Waals surface area contributed by atoms with Gasteiger partial charge in [-0.2, -0.15) is 0 Å². The standard InChI is InChI=1S/C14H24N2S/c1-12(2)7-9-10(13(3,4)8-12)17-11(16-9)14(5,6)15/h7-8,15H2,1-6H3. The second-order valence-electron chi connectivity index (χ2n) is 7.42. The third kappa shape index (κ3) is 2.41. The molecular formula is C14H24N2S. The van der Waals surface area contributed by atoms with Gasteiger partial charge in [-0.25, -0.2) is 4.98 Å². The number of nitrogens with zero attached hydrogens (tertiary/aromatic N) is 1. The van der Waals surface area contributed by atoms with Crippen LogP contribution in [0.3, 0.4) is 0 Å². The van der Waals surface area contributed by atoms with Crippen LogP contribution >= 0.6 is 11.3 Å². The summed E-state index contributed by atoms with van der Waals surface area (Å²) in [4.78, 5) is 6.26. The number of hydrogen-bond acceptors (Lipinski definition) is 3. The van der Waals surface area contributed by atoms with Crippen LogP contribution < -0.4 is 5.73 Å². The summed E-state index contributed by atoms with van der Waals surface area (Å²) in [5.41, 5.74) is 7.72. The molecule has 0 aliphatic heterocycles. The molecule has 0 bridgehead atoms. The fraction of sp³-hybridized carbons (Fsp3) is 0.786. The highest BCUT2D eigenvalue weighted by Gasteiger charge is 2.40. The van der Waals surface area contributed by atoms with Gasteiger partial charge in [0.1, 0.15) is 5.01 Å². The van der Waals surface area contributed by atoms with Crippen LogP contribution in [0.1, 0.15) is 63.5 Å². The Morgan fingerprint density at radius 3 is 2.35 bits per heavy atom. The first-order valence-electron chi connectivity index (χ1n) is 6.31. The van der Waals surface area contributed by atoms with Crippen LogP contribution in [0.4, 0.5) is 0 Å². The van der Waals surface area contributed by atoms with Gasteiger partial charge in [-0.3, -0.25) is 0 Å². The number of thiazole rings is 1. The lowest BCUT2D eigenvalue weighted by Gasteiger charge is -2.39. The van der Waals surface area contributed by atoms with Gasteiger partial charge in [-0.15, -0.1) is 11.3 Å². The van der Waals surface area contributed by atoms with E-state index in [0.29, 0.717) is 5.41 Å². The van der Waals surface area contributed by atoms with E-state index >= 15 is 0 Å². The Hall–Kier alpha value is -0.410. The lowest BCUT2D eigenvalue weighted by molar-refractivity contribution is 0.232. The van der Waals surface area contributed by atoms with Gasteiger partial charge < -0.3 is 5.73 Å². The van der Waals surface area contributed by atoms with Crippen molar-refractivity contribution in [3.63, 3.8) is 0 Å². The fourth-order valence-corrected chi connectivity index (χ4v) is 4.26. The summed E-state index contributed by atoms with van der Waals surface area (Å²) < 4.78 is 0. The largest absolute Gasteiger partial charge is 0.320 e. The summed E-state index contributed by atoms with van der Waals surface area (Å²) in [6, 6.07) is 0. The zero-order valence-electron chi connectivity index (χ0n) is 11.8. The zero-order valence-corrected chi connectivity index (χ0v) is 12.7. The van der Waals surface area contributed by atoms with Crippen molar-refractivity contribution in [2.45, 2.75) is 65.3 Å². The van der Waals surface area contributed by atoms with E-state index in [2.05, 4.69) is 27.7 Å². The summed E-state index contributed by atoms with van der Waals surface area (Å²) in [5.74, 6) is 0. The van der Waals surface area contributed by atoms with E-state index in [1.165, 1.54) is 17.0 Å². The van der Waals surface area contributed by atoms with Crippen molar-refractivity contribution in [1.29, 1.82) is 0 Å². The molecule has 2 N–H and O–H groups in total. The highest BCUT2D eigenvalue weighted by molar-refractivity contribution is 7.12. The quantitative estimate of drug-likeness (QED) is 0.829. The molecule has 1 aliphatic rings. The van der Waals surface area contributed by atoms with E-state index in [1.807, 2.05) is 25.2 Å². The fourth-order valence-electron chi connectivity index (χ4n) is 3.07. The van der Waals surface area contributed by atoms with Crippen LogP contribution in [-0.2, 0) is 17.4 Å². The maximum Gasteiger partial charge on any atom is 0.112 e. The lowest BCUT2D eigenvalue weighted by atomic mass is 9.67. The molecule has 0 atom stereocenters. The first-order valence-corrected chi connectivity index (χ1v) is 7.12. The molecule has 1 aliphatic carbocycles. The summed E-state index contributed by atoms with van der Waals surface area (Å²) in [6.45, 7) is 13.4. The normalized spacial score (nSPS) is 22.3. The monoisotopic (exact) mass is 252 g/mol. The minimum atomic E-state index is -0.317. The topological polar surface area (TPSA) is 38.9 Å². The predicted molar refractivity (Wildman–Crippen MR) is 74.5 cm³/mol. The molecule has 0 unspecified atom stereocenters. The summed E-state index contributed by atoms with van der Waals surface area (Å²) in [7, 11) is 0. The molecule has 0 saturated carbocycles. The van der Waals surface area contributed by atoms with E-state index in [9.17, 15) is 0 Å². The number of rotatable bonds is 1. The van der Waals surface area contributed by atoms with E-state index < -0.39 is 0 Å². The van der Waals surface area contributed by atoms with Crippen molar-refractivity contribution in [3.8, 4) is 0 Å². The van der Waals surface area contributed by atoms with Gasteiger partial charge in [0.05, 0.1) is 11.2 Å². The van der Waals surface area contributed by atoms with Crippen molar-refractivity contribution in [3.05, 3.63) is 15.6 Å². The maximum absolute atomic E-state index is 6.17. The molecule has 0 aromatic carbocycles. The van der Waals surface area contributed by atoms with Gasteiger partial charge in [0.2, 0.25) is 0 Å². The zero-order chi connectivity index (χ0) is 13.1. The average molecular weight is 252 g/mol. The summed E-state index contributed by atoms with van der Waals surface area (Å²) in [5, 5.41) is 1.08. The van der Waals surface area contributed by atoms with Crippen molar-refractivity contribution in [2.75, 3.05) is 0 Å². The molecule has 0 amide bonds. The van der Waals surface area contributed by atoms with E-state index in [0.717, 1.165) is 11.4 Å². The van der Waals surface area contributed by atoms with Gasteiger partial charge in [-0.1, -0.05) is 27.7 Å². The van der Waals surface area contributed by atoms with Crippen LogP contribution in [0.15, 0.2) is 0 Å². The predicted octanol–water partition coefficient (Wildman–Crippen LogP) is 3.59. The highest BCUT2D eigenvalue weighted by Crippen LogP contribution is 2.48. The average Bonchev–Trinajstić information content (AvgIpc) is 2.42. The summed E-state index contributed by atoms with van der Waals surface area (Å²) >= 11 is 1.81. The maximum atomic E-state index is 6.17. The summed E-state index contributed by atoms with van der Waals surface area (Å²) in [6.07, 6.45) is 2.30. The number of aromatic nitrogens is 1. The van der Waals surface area contributed by atoms with Crippen LogP contribution in [0, 0.1) is 5.41 Å². The number of nitrogens with two attached hydrogens (primary N) is 1. The van der Waals surface area contributed by atoms with Crippen LogP contribution in [0.25, 0.3) is 0 Å². The highest BCUT2D eigenvalue weighted by atomic mass is 32.1. The molecule has 0 spiro atoms. The van der Waals surface area contributed by atoms with Gasteiger partial charge in [0.15, 0.2) is 0 Å². The molecule has 3 heteroatoms. The SMILES string of the molecule is CC1(C)Cc2nc(C(C)(C)N)sc2C(C)(C)C1. The van der Waals surface area contributed by atoms with Crippen molar-refractivity contribution < 1.29 is 0 Å². The molecule has 17 heavy (non-hydrogen) atoms. The molecule has 96 valence electrons. The molecule has 0 saturated heterocycles. The minimum Gasteiger partial charge on any atom is -0.320 e. The Morgan fingerprint density at radius 1 is 1.24 bits per heavy atom. The van der Waals surface area contributed by atoms with Gasteiger partial charge >= 0.3 is 0 Å². The lowest BCUT2D eigenvalue weighted by Crippen LogP contribution is -2.33. The number of fused-ring (bicyclic) bond motifs is 1. The molecule has 0 radical (unpaired) electrons. The molecule has 2 rings (SSSR count). The third-order valence-electron chi connectivity index (χ3n) is 3.43. The van der Waals surface area contributed by atoms with E-state index in [-0.39, 0.29) is 11.0 Å². The Balaban J connectivity index is 2.51. The first-order chi connectivity index (χ1) is 7.51. The molecule has 1 heterocycles.